The Morgan fingerprint density at radius 1 is 1.35 bits per heavy atom. The van der Waals surface area contributed by atoms with Crippen LogP contribution in [0.25, 0.3) is 0 Å². The summed E-state index contributed by atoms with van der Waals surface area (Å²) in [7, 11) is 0. The van der Waals surface area contributed by atoms with Gasteiger partial charge in [-0.3, -0.25) is 0 Å². The molecule has 2 N–H and O–H groups in total. The van der Waals surface area contributed by atoms with Crippen molar-refractivity contribution >= 4 is 29.0 Å². The van der Waals surface area contributed by atoms with Gasteiger partial charge in [0.05, 0.1) is 21.8 Å². The van der Waals surface area contributed by atoms with Crippen LogP contribution in [0.2, 0.25) is 10.0 Å². The molecule has 0 bridgehead atoms. The molecule has 2 rings (SSSR count). The Morgan fingerprint density at radius 2 is 2.06 bits per heavy atom. The van der Waals surface area contributed by atoms with Gasteiger partial charge in [-0.05, 0) is 25.5 Å². The SMILES string of the molecule is Cc1cc(N)n(C(C)c2cccc(Cl)c2Cl)n1. The Bertz CT molecular complexity index is 549. The molecule has 0 spiro atoms. The van der Waals surface area contributed by atoms with Gasteiger partial charge >= 0.3 is 0 Å². The molecule has 90 valence electrons. The van der Waals surface area contributed by atoms with E-state index in [1.54, 1.807) is 10.7 Å². The van der Waals surface area contributed by atoms with Gasteiger partial charge in [0, 0.05) is 6.07 Å². The molecule has 0 aliphatic heterocycles. The van der Waals surface area contributed by atoms with Crippen LogP contribution < -0.4 is 5.73 Å². The van der Waals surface area contributed by atoms with Crippen molar-refractivity contribution in [3.8, 4) is 0 Å². The Balaban J connectivity index is 2.47. The summed E-state index contributed by atoms with van der Waals surface area (Å²) >= 11 is 12.2. The molecule has 0 saturated heterocycles. The molecule has 0 aliphatic carbocycles. The van der Waals surface area contributed by atoms with Gasteiger partial charge in [-0.2, -0.15) is 5.10 Å². The van der Waals surface area contributed by atoms with Crippen LogP contribution in [0.15, 0.2) is 24.3 Å². The Hall–Kier alpha value is -1.19. The van der Waals surface area contributed by atoms with E-state index in [2.05, 4.69) is 5.10 Å². The lowest BCUT2D eigenvalue weighted by atomic mass is 10.1. The van der Waals surface area contributed by atoms with Gasteiger partial charge in [-0.15, -0.1) is 0 Å². The molecule has 1 atom stereocenters. The minimum atomic E-state index is -0.0464. The van der Waals surface area contributed by atoms with Crippen LogP contribution in [0.4, 0.5) is 5.82 Å². The van der Waals surface area contributed by atoms with E-state index in [0.717, 1.165) is 11.3 Å². The molecule has 0 fully saturated rings. The maximum atomic E-state index is 6.18. The first-order valence-electron chi connectivity index (χ1n) is 5.26. The number of benzene rings is 1. The molecular formula is C12H13Cl2N3. The fourth-order valence-electron chi connectivity index (χ4n) is 1.82. The molecule has 5 heteroatoms. The number of hydrogen-bond acceptors (Lipinski definition) is 2. The van der Waals surface area contributed by atoms with Crippen molar-refractivity contribution in [1.29, 1.82) is 0 Å². The molecule has 0 aliphatic rings. The lowest BCUT2D eigenvalue weighted by Gasteiger charge is -2.16. The molecule has 1 heterocycles. The summed E-state index contributed by atoms with van der Waals surface area (Å²) < 4.78 is 1.74. The van der Waals surface area contributed by atoms with Crippen LogP contribution in [-0.2, 0) is 0 Å². The second kappa shape index (κ2) is 4.59. The van der Waals surface area contributed by atoms with Crippen molar-refractivity contribution < 1.29 is 0 Å². The number of rotatable bonds is 2. The van der Waals surface area contributed by atoms with Crippen LogP contribution in [0.5, 0.6) is 0 Å². The summed E-state index contributed by atoms with van der Waals surface area (Å²) in [6.45, 7) is 3.89. The molecular weight excluding hydrogens is 257 g/mol. The Labute approximate surface area is 110 Å². The van der Waals surface area contributed by atoms with Crippen LogP contribution in [0.3, 0.4) is 0 Å². The Kier molecular flexibility index (Phi) is 3.31. The highest BCUT2D eigenvalue weighted by Gasteiger charge is 2.16. The van der Waals surface area contributed by atoms with Gasteiger partial charge in [0.25, 0.3) is 0 Å². The molecule has 1 unspecified atom stereocenters. The smallest absolute Gasteiger partial charge is 0.122 e. The van der Waals surface area contributed by atoms with Crippen molar-refractivity contribution in [3.05, 3.63) is 45.6 Å². The van der Waals surface area contributed by atoms with Crippen LogP contribution in [0, 0.1) is 6.92 Å². The van der Waals surface area contributed by atoms with Crippen molar-refractivity contribution in [1.82, 2.24) is 9.78 Å². The van der Waals surface area contributed by atoms with E-state index in [1.807, 2.05) is 32.0 Å². The van der Waals surface area contributed by atoms with Gasteiger partial charge in [0.15, 0.2) is 0 Å². The first-order chi connectivity index (χ1) is 8.00. The summed E-state index contributed by atoms with van der Waals surface area (Å²) in [4.78, 5) is 0. The molecule has 3 nitrogen and oxygen atoms in total. The third kappa shape index (κ3) is 2.26. The number of aryl methyl sites for hydroxylation is 1. The normalized spacial score (nSPS) is 12.7. The number of anilines is 1. The highest BCUT2D eigenvalue weighted by molar-refractivity contribution is 6.42. The monoisotopic (exact) mass is 269 g/mol. The zero-order valence-corrected chi connectivity index (χ0v) is 11.1. The summed E-state index contributed by atoms with van der Waals surface area (Å²) in [5.41, 5.74) is 7.69. The third-order valence-corrected chi connectivity index (χ3v) is 3.52. The zero-order valence-electron chi connectivity index (χ0n) is 9.61. The van der Waals surface area contributed by atoms with Gasteiger partial charge in [-0.1, -0.05) is 35.3 Å². The van der Waals surface area contributed by atoms with Gasteiger partial charge in [-0.25, -0.2) is 4.68 Å². The maximum Gasteiger partial charge on any atom is 0.122 e. The second-order valence-corrected chi connectivity index (χ2v) is 4.76. The zero-order chi connectivity index (χ0) is 12.6. The number of nitrogens with zero attached hydrogens (tertiary/aromatic N) is 2. The van der Waals surface area contributed by atoms with Gasteiger partial charge < -0.3 is 5.73 Å². The molecule has 2 aromatic rings. The number of hydrogen-bond donors (Lipinski definition) is 1. The largest absolute Gasteiger partial charge is 0.384 e. The van der Waals surface area contributed by atoms with E-state index in [9.17, 15) is 0 Å². The minimum Gasteiger partial charge on any atom is -0.384 e. The summed E-state index contributed by atoms with van der Waals surface area (Å²) in [6.07, 6.45) is 0. The van der Waals surface area contributed by atoms with Crippen LogP contribution >= 0.6 is 23.2 Å². The Morgan fingerprint density at radius 3 is 2.65 bits per heavy atom. The van der Waals surface area contributed by atoms with E-state index < -0.39 is 0 Å². The number of aromatic nitrogens is 2. The van der Waals surface area contributed by atoms with Gasteiger partial charge in [0.2, 0.25) is 0 Å². The molecule has 17 heavy (non-hydrogen) atoms. The number of nitrogen functional groups attached to an aromatic ring is 1. The maximum absolute atomic E-state index is 6.18. The van der Waals surface area contributed by atoms with Crippen LogP contribution in [-0.4, -0.2) is 9.78 Å². The summed E-state index contributed by atoms with van der Waals surface area (Å²) in [5.74, 6) is 0.617. The van der Waals surface area contributed by atoms with E-state index in [-0.39, 0.29) is 6.04 Å². The predicted molar refractivity (Wildman–Crippen MR) is 71.7 cm³/mol. The number of nitrogens with two attached hydrogens (primary N) is 1. The van der Waals surface area contributed by atoms with Crippen molar-refractivity contribution in [3.63, 3.8) is 0 Å². The lowest BCUT2D eigenvalue weighted by molar-refractivity contribution is 0.569. The fraction of sp³-hybridized carbons (Fsp3) is 0.250. The first-order valence-corrected chi connectivity index (χ1v) is 6.02. The van der Waals surface area contributed by atoms with Crippen molar-refractivity contribution in [2.24, 2.45) is 0 Å². The highest BCUT2D eigenvalue weighted by Crippen LogP contribution is 2.32. The molecule has 1 aromatic heterocycles. The summed E-state index contributed by atoms with van der Waals surface area (Å²) in [5, 5.41) is 5.44. The lowest BCUT2D eigenvalue weighted by Crippen LogP contribution is -2.12. The third-order valence-electron chi connectivity index (χ3n) is 2.69. The molecule has 0 saturated carbocycles. The molecule has 0 amide bonds. The minimum absolute atomic E-state index is 0.0464. The predicted octanol–water partition coefficient (Wildman–Crippen LogP) is 3.69. The van der Waals surface area contributed by atoms with E-state index >= 15 is 0 Å². The van der Waals surface area contributed by atoms with Crippen molar-refractivity contribution in [2.75, 3.05) is 5.73 Å². The standard InChI is InChI=1S/C12H13Cl2N3/c1-7-6-11(15)17(16-7)8(2)9-4-3-5-10(13)12(9)14/h3-6,8H,15H2,1-2H3. The van der Waals surface area contributed by atoms with Crippen LogP contribution in [0.1, 0.15) is 24.2 Å². The average Bonchev–Trinajstić information content (AvgIpc) is 2.61. The quantitative estimate of drug-likeness (QED) is 0.904. The number of halogens is 2. The molecule has 0 radical (unpaired) electrons. The highest BCUT2D eigenvalue weighted by atomic mass is 35.5. The topological polar surface area (TPSA) is 43.8 Å². The van der Waals surface area contributed by atoms with E-state index in [1.165, 1.54) is 0 Å². The molecule has 1 aromatic carbocycles. The average molecular weight is 270 g/mol. The van der Waals surface area contributed by atoms with Crippen molar-refractivity contribution in [2.45, 2.75) is 19.9 Å². The second-order valence-electron chi connectivity index (χ2n) is 3.97. The van der Waals surface area contributed by atoms with E-state index in [0.29, 0.717) is 15.9 Å². The summed E-state index contributed by atoms with van der Waals surface area (Å²) in [6, 6.07) is 7.34. The van der Waals surface area contributed by atoms with Gasteiger partial charge in [0.1, 0.15) is 5.82 Å². The first kappa shape index (κ1) is 12.3. The fourth-order valence-corrected chi connectivity index (χ4v) is 2.29. The van der Waals surface area contributed by atoms with E-state index in [4.69, 9.17) is 28.9 Å².